The van der Waals surface area contributed by atoms with Crippen LogP contribution >= 0.6 is 0 Å². The molecule has 1 aliphatic heterocycles. The molecule has 4 rings (SSSR count). The van der Waals surface area contributed by atoms with E-state index in [0.717, 1.165) is 11.1 Å². The number of amides is 2. The van der Waals surface area contributed by atoms with Gasteiger partial charge < -0.3 is 5.32 Å². The number of nitrogens with one attached hydrogen (secondary N) is 1. The van der Waals surface area contributed by atoms with Crippen molar-refractivity contribution in [2.45, 2.75) is 13.3 Å². The summed E-state index contributed by atoms with van der Waals surface area (Å²) in [6.07, 6.45) is 0.395. The summed E-state index contributed by atoms with van der Waals surface area (Å²) in [5.41, 5.74) is 3.25. The van der Waals surface area contributed by atoms with Gasteiger partial charge in [0.15, 0.2) is 0 Å². The van der Waals surface area contributed by atoms with E-state index >= 15 is 0 Å². The minimum absolute atomic E-state index is 0.146. The Kier molecular flexibility index (Phi) is 5.62. The van der Waals surface area contributed by atoms with Crippen molar-refractivity contribution in [2.24, 2.45) is 0 Å². The van der Waals surface area contributed by atoms with Gasteiger partial charge in [-0.1, -0.05) is 42.5 Å². The molecule has 3 aromatic carbocycles. The fourth-order valence-corrected chi connectivity index (χ4v) is 3.52. The Balaban J connectivity index is 1.67. The second-order valence-corrected chi connectivity index (χ2v) is 7.34. The average Bonchev–Trinajstić information content (AvgIpc) is 2.99. The topological polar surface area (TPSA) is 49.4 Å². The van der Waals surface area contributed by atoms with Gasteiger partial charge in [-0.25, -0.2) is 8.78 Å². The lowest BCUT2D eigenvalue weighted by molar-refractivity contribution is -0.136. The smallest absolute Gasteiger partial charge is 0.278 e. The number of carbonyl (C=O) groups excluding carboxylic acids is 2. The van der Waals surface area contributed by atoms with Crippen molar-refractivity contribution in [1.82, 2.24) is 4.90 Å². The summed E-state index contributed by atoms with van der Waals surface area (Å²) in [7, 11) is 0. The van der Waals surface area contributed by atoms with Crippen LogP contribution < -0.4 is 5.32 Å². The normalized spacial score (nSPS) is 13.8. The van der Waals surface area contributed by atoms with Crippen molar-refractivity contribution in [3.8, 4) is 0 Å². The largest absolute Gasteiger partial charge is 0.350 e. The van der Waals surface area contributed by atoms with Crippen molar-refractivity contribution >= 4 is 23.1 Å². The number of hydrogen-bond acceptors (Lipinski definition) is 3. The molecule has 3 aromatic rings. The lowest BCUT2D eigenvalue weighted by Crippen LogP contribution is -2.34. The van der Waals surface area contributed by atoms with Crippen LogP contribution in [0.4, 0.5) is 14.5 Å². The van der Waals surface area contributed by atoms with Crippen LogP contribution in [0, 0.1) is 18.6 Å². The third kappa shape index (κ3) is 4.23. The van der Waals surface area contributed by atoms with Gasteiger partial charge in [-0.3, -0.25) is 14.5 Å². The van der Waals surface area contributed by atoms with E-state index in [4.69, 9.17) is 0 Å². The van der Waals surface area contributed by atoms with Crippen molar-refractivity contribution in [3.63, 3.8) is 0 Å². The van der Waals surface area contributed by atoms with Crippen molar-refractivity contribution in [3.05, 3.63) is 107 Å². The molecule has 0 bridgehead atoms. The zero-order chi connectivity index (χ0) is 22.0. The first kappa shape index (κ1) is 20.5. The first-order valence-corrected chi connectivity index (χ1v) is 9.87. The van der Waals surface area contributed by atoms with E-state index in [1.807, 2.05) is 31.2 Å². The summed E-state index contributed by atoms with van der Waals surface area (Å²) in [5.74, 6) is -1.67. The fraction of sp³-hybridized carbons (Fsp3) is 0.120. The molecular weight excluding hydrogens is 398 g/mol. The van der Waals surface area contributed by atoms with Crippen LogP contribution in [0.1, 0.15) is 16.7 Å². The Labute approximate surface area is 178 Å². The highest BCUT2D eigenvalue weighted by Crippen LogP contribution is 2.31. The average molecular weight is 418 g/mol. The van der Waals surface area contributed by atoms with Crippen LogP contribution in [0.5, 0.6) is 0 Å². The molecule has 31 heavy (non-hydrogen) atoms. The van der Waals surface area contributed by atoms with E-state index < -0.39 is 17.6 Å². The van der Waals surface area contributed by atoms with E-state index in [-0.39, 0.29) is 23.6 Å². The molecule has 0 saturated heterocycles. The summed E-state index contributed by atoms with van der Waals surface area (Å²) >= 11 is 0. The molecule has 1 N–H and O–H groups in total. The Morgan fingerprint density at radius 3 is 2.06 bits per heavy atom. The van der Waals surface area contributed by atoms with Crippen LogP contribution in [0.3, 0.4) is 0 Å². The predicted octanol–water partition coefficient (Wildman–Crippen LogP) is 4.71. The molecule has 1 heterocycles. The Morgan fingerprint density at radius 1 is 0.806 bits per heavy atom. The summed E-state index contributed by atoms with van der Waals surface area (Å²) in [6, 6.07) is 18.9. The third-order valence-electron chi connectivity index (χ3n) is 5.24. The maximum Gasteiger partial charge on any atom is 0.278 e. The predicted molar refractivity (Wildman–Crippen MR) is 115 cm³/mol. The van der Waals surface area contributed by atoms with Crippen molar-refractivity contribution in [2.75, 3.05) is 11.9 Å². The van der Waals surface area contributed by atoms with Gasteiger partial charge in [0, 0.05) is 12.2 Å². The lowest BCUT2D eigenvalue weighted by atomic mass is 10.0. The summed E-state index contributed by atoms with van der Waals surface area (Å²) in [4.78, 5) is 27.6. The molecule has 0 aromatic heterocycles. The van der Waals surface area contributed by atoms with E-state index in [1.54, 1.807) is 12.1 Å². The van der Waals surface area contributed by atoms with Crippen molar-refractivity contribution in [1.29, 1.82) is 0 Å². The van der Waals surface area contributed by atoms with E-state index in [9.17, 15) is 18.4 Å². The summed E-state index contributed by atoms with van der Waals surface area (Å²) < 4.78 is 26.6. The monoisotopic (exact) mass is 418 g/mol. The Hall–Kier alpha value is -3.80. The Morgan fingerprint density at radius 2 is 1.42 bits per heavy atom. The maximum absolute atomic E-state index is 13.4. The van der Waals surface area contributed by atoms with Gasteiger partial charge in [-0.15, -0.1) is 0 Å². The zero-order valence-corrected chi connectivity index (χ0v) is 16.9. The van der Waals surface area contributed by atoms with Crippen LogP contribution in [-0.2, 0) is 16.0 Å². The maximum atomic E-state index is 13.4. The molecule has 0 aliphatic carbocycles. The summed E-state index contributed by atoms with van der Waals surface area (Å²) in [6.45, 7) is 2.04. The number of hydrogen-bond donors (Lipinski definition) is 1. The highest BCUT2D eigenvalue weighted by Gasteiger charge is 2.39. The first-order valence-electron chi connectivity index (χ1n) is 9.87. The first-order chi connectivity index (χ1) is 14.9. The molecule has 0 fully saturated rings. The van der Waals surface area contributed by atoms with Crippen LogP contribution in [0.25, 0.3) is 5.57 Å². The second kappa shape index (κ2) is 8.52. The molecule has 0 saturated carbocycles. The molecule has 6 heteroatoms. The number of imide groups is 1. The molecular formula is C25H20F2N2O2. The fourth-order valence-electron chi connectivity index (χ4n) is 3.52. The van der Waals surface area contributed by atoms with Gasteiger partial charge in [0.05, 0.1) is 5.57 Å². The lowest BCUT2D eigenvalue weighted by Gasteiger charge is -2.15. The van der Waals surface area contributed by atoms with Gasteiger partial charge in [-0.05, 0) is 60.4 Å². The molecule has 4 nitrogen and oxygen atoms in total. The molecule has 0 radical (unpaired) electrons. The van der Waals surface area contributed by atoms with E-state index in [0.29, 0.717) is 17.7 Å². The van der Waals surface area contributed by atoms with Gasteiger partial charge in [-0.2, -0.15) is 0 Å². The van der Waals surface area contributed by atoms with Gasteiger partial charge in [0.25, 0.3) is 11.8 Å². The highest BCUT2D eigenvalue weighted by atomic mass is 19.1. The van der Waals surface area contributed by atoms with Crippen LogP contribution in [0.2, 0.25) is 0 Å². The van der Waals surface area contributed by atoms with E-state index in [1.165, 1.54) is 41.3 Å². The molecule has 1 aliphatic rings. The molecule has 0 unspecified atom stereocenters. The summed E-state index contributed by atoms with van der Waals surface area (Å²) in [5, 5.41) is 3.11. The highest BCUT2D eigenvalue weighted by molar-refractivity contribution is 6.36. The van der Waals surface area contributed by atoms with Crippen LogP contribution in [-0.4, -0.2) is 23.3 Å². The van der Waals surface area contributed by atoms with Crippen molar-refractivity contribution < 1.29 is 18.4 Å². The second-order valence-electron chi connectivity index (χ2n) is 7.34. The Bertz CT molecular complexity index is 1170. The third-order valence-corrected chi connectivity index (χ3v) is 5.24. The number of benzene rings is 3. The number of rotatable bonds is 6. The minimum Gasteiger partial charge on any atom is -0.350 e. The van der Waals surface area contributed by atoms with Crippen LogP contribution in [0.15, 0.2) is 78.5 Å². The number of aryl methyl sites for hydroxylation is 1. The number of halogens is 2. The van der Waals surface area contributed by atoms with Gasteiger partial charge >= 0.3 is 0 Å². The molecule has 2 amide bonds. The van der Waals surface area contributed by atoms with Gasteiger partial charge in [0.1, 0.15) is 17.3 Å². The molecule has 0 atom stereocenters. The number of nitrogens with zero attached hydrogens (tertiary/aromatic N) is 1. The minimum atomic E-state index is -0.449. The standard InChI is InChI=1S/C25H20F2N2O2/c1-16-4-2-3-5-21(16)28-23-22(18-8-12-20(27)13-9-18)24(30)29(25(23)31)15-14-17-6-10-19(26)11-7-17/h2-13,28H,14-15H2,1H3. The number of carbonyl (C=O) groups is 2. The molecule has 156 valence electrons. The number of anilines is 1. The quantitative estimate of drug-likeness (QED) is 0.590. The van der Waals surface area contributed by atoms with Gasteiger partial charge in [0.2, 0.25) is 0 Å². The molecule has 0 spiro atoms. The zero-order valence-electron chi connectivity index (χ0n) is 16.9. The SMILES string of the molecule is Cc1ccccc1NC1=C(c2ccc(F)cc2)C(=O)N(CCc2ccc(F)cc2)C1=O. The number of para-hydroxylation sites is 1. The van der Waals surface area contributed by atoms with E-state index in [2.05, 4.69) is 5.32 Å².